The van der Waals surface area contributed by atoms with Gasteiger partial charge in [0.2, 0.25) is 11.8 Å². The van der Waals surface area contributed by atoms with Crippen LogP contribution in [0.1, 0.15) is 49.7 Å². The number of benzene rings is 1. The molecule has 0 aromatic heterocycles. The van der Waals surface area contributed by atoms with E-state index in [0.717, 1.165) is 49.8 Å². The highest BCUT2D eigenvalue weighted by molar-refractivity contribution is 5.99. The van der Waals surface area contributed by atoms with Crippen LogP contribution in [0.5, 0.6) is 0 Å². The summed E-state index contributed by atoms with van der Waals surface area (Å²) in [6, 6.07) is 6.68. The summed E-state index contributed by atoms with van der Waals surface area (Å²) in [4.78, 5) is 23.4. The van der Waals surface area contributed by atoms with Gasteiger partial charge in [0.05, 0.1) is 6.42 Å². The average Bonchev–Trinajstić information content (AvgIpc) is 2.89. The van der Waals surface area contributed by atoms with E-state index >= 15 is 0 Å². The van der Waals surface area contributed by atoms with Crippen LogP contribution < -0.4 is 16.4 Å². The average molecular weight is 352 g/mol. The fourth-order valence-corrected chi connectivity index (χ4v) is 3.45. The summed E-state index contributed by atoms with van der Waals surface area (Å²) < 4.78 is 0. The zero-order chi connectivity index (χ0) is 16.2. The third-order valence-corrected chi connectivity index (χ3v) is 4.80. The molecule has 2 amide bonds. The Kier molecular flexibility index (Phi) is 6.63. The molecule has 3 rings (SSSR count). The summed E-state index contributed by atoms with van der Waals surface area (Å²) >= 11 is 0. The maximum Gasteiger partial charge on any atom is 0.228 e. The zero-order valence-electron chi connectivity index (χ0n) is 13.8. The molecule has 1 aliphatic carbocycles. The molecule has 1 saturated carbocycles. The number of rotatable bonds is 5. The first-order valence-corrected chi connectivity index (χ1v) is 8.57. The molecule has 2 aliphatic rings. The molecule has 0 spiro atoms. The van der Waals surface area contributed by atoms with Gasteiger partial charge in [0.15, 0.2) is 0 Å². The van der Waals surface area contributed by atoms with Crippen LogP contribution in [0.4, 0.5) is 5.69 Å². The van der Waals surface area contributed by atoms with E-state index in [1.54, 1.807) is 0 Å². The molecule has 24 heavy (non-hydrogen) atoms. The predicted octanol–water partition coefficient (Wildman–Crippen LogP) is 2.31. The van der Waals surface area contributed by atoms with Gasteiger partial charge in [0.1, 0.15) is 0 Å². The molecular weight excluding hydrogens is 326 g/mol. The maximum atomic E-state index is 12.0. The molecule has 6 heteroatoms. The van der Waals surface area contributed by atoms with E-state index in [0.29, 0.717) is 24.9 Å². The molecule has 1 aromatic carbocycles. The summed E-state index contributed by atoms with van der Waals surface area (Å²) in [5, 5.41) is 5.96. The fraction of sp³-hybridized carbons (Fsp3) is 0.556. The summed E-state index contributed by atoms with van der Waals surface area (Å²) in [6.07, 6.45) is 6.73. The van der Waals surface area contributed by atoms with Gasteiger partial charge in [0.25, 0.3) is 0 Å². The minimum absolute atomic E-state index is 0. The Morgan fingerprint density at radius 1 is 1.25 bits per heavy atom. The summed E-state index contributed by atoms with van der Waals surface area (Å²) in [7, 11) is 0. The number of aryl methyl sites for hydroxylation is 1. The molecule has 1 fully saturated rings. The van der Waals surface area contributed by atoms with Crippen LogP contribution in [0.2, 0.25) is 0 Å². The van der Waals surface area contributed by atoms with E-state index in [1.165, 1.54) is 5.56 Å². The second-order valence-corrected chi connectivity index (χ2v) is 6.75. The molecule has 0 atom stereocenters. The molecule has 132 valence electrons. The maximum absolute atomic E-state index is 12.0. The molecule has 4 N–H and O–H groups in total. The fourth-order valence-electron chi connectivity index (χ4n) is 3.45. The third-order valence-electron chi connectivity index (χ3n) is 4.80. The van der Waals surface area contributed by atoms with Crippen LogP contribution in [0, 0.1) is 0 Å². The van der Waals surface area contributed by atoms with Gasteiger partial charge in [-0.1, -0.05) is 12.1 Å². The van der Waals surface area contributed by atoms with E-state index in [2.05, 4.69) is 16.7 Å². The first-order chi connectivity index (χ1) is 11.1. The first kappa shape index (κ1) is 18.7. The smallest absolute Gasteiger partial charge is 0.228 e. The van der Waals surface area contributed by atoms with E-state index < -0.39 is 0 Å². The van der Waals surface area contributed by atoms with Gasteiger partial charge in [-0.3, -0.25) is 9.59 Å². The number of anilines is 1. The van der Waals surface area contributed by atoms with Gasteiger partial charge < -0.3 is 16.4 Å². The van der Waals surface area contributed by atoms with Crippen molar-refractivity contribution in [3.8, 4) is 0 Å². The number of hydrogen-bond acceptors (Lipinski definition) is 3. The molecule has 0 bridgehead atoms. The second-order valence-electron chi connectivity index (χ2n) is 6.75. The molecule has 1 heterocycles. The normalized spacial score (nSPS) is 22.3. The Morgan fingerprint density at radius 2 is 2.00 bits per heavy atom. The molecule has 5 nitrogen and oxygen atoms in total. The van der Waals surface area contributed by atoms with Crippen molar-refractivity contribution in [1.29, 1.82) is 0 Å². The quantitative estimate of drug-likeness (QED) is 0.761. The molecule has 0 unspecified atom stereocenters. The highest BCUT2D eigenvalue weighted by atomic mass is 35.5. The topological polar surface area (TPSA) is 84.2 Å². The minimum Gasteiger partial charge on any atom is -0.353 e. The number of amides is 2. The lowest BCUT2D eigenvalue weighted by molar-refractivity contribution is -0.122. The van der Waals surface area contributed by atoms with Crippen molar-refractivity contribution in [2.45, 2.75) is 63.5 Å². The summed E-state index contributed by atoms with van der Waals surface area (Å²) in [5.41, 5.74) is 9.06. The monoisotopic (exact) mass is 351 g/mol. The van der Waals surface area contributed by atoms with E-state index in [-0.39, 0.29) is 24.2 Å². The lowest BCUT2D eigenvalue weighted by Crippen LogP contribution is -2.40. The SMILES string of the molecule is Cl.NC1CCC(NC(=O)CCCc2ccc3c(c2)CC(=O)N3)CC1. The van der Waals surface area contributed by atoms with Gasteiger partial charge in [-0.15, -0.1) is 12.4 Å². The molecular formula is C18H26ClN3O2. The highest BCUT2D eigenvalue weighted by Gasteiger charge is 2.20. The Labute approximate surface area is 149 Å². The number of fused-ring (bicyclic) bond motifs is 1. The van der Waals surface area contributed by atoms with Crippen LogP contribution in [-0.4, -0.2) is 23.9 Å². The molecule has 1 aliphatic heterocycles. The number of nitrogens with one attached hydrogen (secondary N) is 2. The highest BCUT2D eigenvalue weighted by Crippen LogP contribution is 2.24. The zero-order valence-corrected chi connectivity index (χ0v) is 14.7. The van der Waals surface area contributed by atoms with Gasteiger partial charge in [0, 0.05) is 24.2 Å². The van der Waals surface area contributed by atoms with Crippen LogP contribution >= 0.6 is 12.4 Å². The lowest BCUT2D eigenvalue weighted by atomic mass is 9.91. The van der Waals surface area contributed by atoms with Gasteiger partial charge in [-0.05, 0) is 55.7 Å². The van der Waals surface area contributed by atoms with Gasteiger partial charge >= 0.3 is 0 Å². The summed E-state index contributed by atoms with van der Waals surface area (Å²) in [5.74, 6) is 0.201. The lowest BCUT2D eigenvalue weighted by Gasteiger charge is -2.26. The molecule has 0 saturated heterocycles. The van der Waals surface area contributed by atoms with Crippen molar-refractivity contribution in [1.82, 2.24) is 5.32 Å². The van der Waals surface area contributed by atoms with Crippen molar-refractivity contribution >= 4 is 29.9 Å². The van der Waals surface area contributed by atoms with Crippen molar-refractivity contribution in [3.05, 3.63) is 29.3 Å². The van der Waals surface area contributed by atoms with E-state index in [9.17, 15) is 9.59 Å². The predicted molar refractivity (Wildman–Crippen MR) is 97.3 cm³/mol. The number of carbonyl (C=O) groups is 2. The van der Waals surface area contributed by atoms with Crippen molar-refractivity contribution in [3.63, 3.8) is 0 Å². The molecule has 1 aromatic rings. The Balaban J connectivity index is 0.00000208. The van der Waals surface area contributed by atoms with E-state index in [4.69, 9.17) is 5.73 Å². The standard InChI is InChI=1S/C18H25N3O2.ClH/c19-14-5-7-15(8-6-14)20-17(22)3-1-2-12-4-9-16-13(10-12)11-18(23)21-16;/h4,9-10,14-15H,1-3,5-8,11,19H2,(H,20,22)(H,21,23);1H. The van der Waals surface area contributed by atoms with Crippen LogP contribution in [0.3, 0.4) is 0 Å². The van der Waals surface area contributed by atoms with Crippen LogP contribution in [-0.2, 0) is 22.4 Å². The first-order valence-electron chi connectivity index (χ1n) is 8.57. The van der Waals surface area contributed by atoms with Crippen molar-refractivity contribution < 1.29 is 9.59 Å². The Hall–Kier alpha value is -1.59. The number of hydrogen-bond donors (Lipinski definition) is 3. The minimum atomic E-state index is 0. The number of halogens is 1. The Morgan fingerprint density at radius 3 is 2.75 bits per heavy atom. The van der Waals surface area contributed by atoms with Crippen LogP contribution in [0.25, 0.3) is 0 Å². The molecule has 0 radical (unpaired) electrons. The summed E-state index contributed by atoms with van der Waals surface area (Å²) in [6.45, 7) is 0. The third kappa shape index (κ3) is 4.95. The van der Waals surface area contributed by atoms with E-state index in [1.807, 2.05) is 12.1 Å². The van der Waals surface area contributed by atoms with Gasteiger partial charge in [-0.2, -0.15) is 0 Å². The van der Waals surface area contributed by atoms with Crippen molar-refractivity contribution in [2.24, 2.45) is 5.73 Å². The number of carbonyl (C=O) groups excluding carboxylic acids is 2. The number of nitrogens with two attached hydrogens (primary N) is 1. The largest absolute Gasteiger partial charge is 0.353 e. The van der Waals surface area contributed by atoms with Crippen molar-refractivity contribution in [2.75, 3.05) is 5.32 Å². The second kappa shape index (κ2) is 8.49. The van der Waals surface area contributed by atoms with Crippen LogP contribution in [0.15, 0.2) is 18.2 Å². The Bertz CT molecular complexity index is 598. The van der Waals surface area contributed by atoms with Gasteiger partial charge in [-0.25, -0.2) is 0 Å².